The van der Waals surface area contributed by atoms with E-state index in [0.717, 1.165) is 17.2 Å². The number of hydrogen-bond donors (Lipinski definition) is 0. The van der Waals surface area contributed by atoms with E-state index in [2.05, 4.69) is 18.9 Å². The van der Waals surface area contributed by atoms with Gasteiger partial charge in [0.15, 0.2) is 0 Å². The summed E-state index contributed by atoms with van der Waals surface area (Å²) < 4.78 is 0. The monoisotopic (exact) mass is 296 g/mol. The van der Waals surface area contributed by atoms with Crippen molar-refractivity contribution in [2.45, 2.75) is 44.5 Å². The average Bonchev–Trinajstić information content (AvgIpc) is 2.45. The molecule has 0 aromatic heterocycles. The van der Waals surface area contributed by atoms with E-state index in [1.54, 1.807) is 12.1 Å². The molecule has 1 aromatic carbocycles. The first-order chi connectivity index (χ1) is 9.52. The van der Waals surface area contributed by atoms with Crippen molar-refractivity contribution in [2.24, 2.45) is 5.92 Å². The molecule has 2 atom stereocenters. The van der Waals surface area contributed by atoms with E-state index in [1.807, 2.05) is 6.07 Å². The zero-order chi connectivity index (χ0) is 14.7. The number of nitrogens with zero attached hydrogens (tertiary/aromatic N) is 2. The van der Waals surface area contributed by atoms with Crippen LogP contribution in [0.3, 0.4) is 0 Å². The molecule has 20 heavy (non-hydrogen) atoms. The van der Waals surface area contributed by atoms with Crippen molar-refractivity contribution in [2.75, 3.05) is 11.9 Å². The van der Waals surface area contributed by atoms with Gasteiger partial charge in [-0.15, -0.1) is 11.6 Å². The Morgan fingerprint density at radius 1 is 1.45 bits per heavy atom. The first-order valence-electron chi connectivity index (χ1n) is 7.09. The Hall–Kier alpha value is -1.29. The summed E-state index contributed by atoms with van der Waals surface area (Å²) in [7, 11) is 2.07. The number of hydrogen-bond acceptors (Lipinski definition) is 3. The fourth-order valence-corrected chi connectivity index (χ4v) is 3.30. The zero-order valence-corrected chi connectivity index (χ0v) is 12.8. The second-order valence-corrected chi connectivity index (χ2v) is 6.01. The molecule has 0 aliphatic heterocycles. The fourth-order valence-electron chi connectivity index (χ4n) is 3.09. The van der Waals surface area contributed by atoms with Gasteiger partial charge in [0.25, 0.3) is 5.69 Å². The van der Waals surface area contributed by atoms with Crippen molar-refractivity contribution < 1.29 is 4.92 Å². The van der Waals surface area contributed by atoms with Gasteiger partial charge in [-0.3, -0.25) is 10.1 Å². The minimum Gasteiger partial charge on any atom is -0.371 e. The number of benzene rings is 1. The van der Waals surface area contributed by atoms with Crippen LogP contribution < -0.4 is 4.90 Å². The van der Waals surface area contributed by atoms with Gasteiger partial charge >= 0.3 is 0 Å². The molecular formula is C15H21ClN2O2. The molecule has 0 radical (unpaired) electrons. The summed E-state index contributed by atoms with van der Waals surface area (Å²) in [5.74, 6) is 1.04. The smallest absolute Gasteiger partial charge is 0.269 e. The first kappa shape index (κ1) is 15.1. The van der Waals surface area contributed by atoms with Crippen molar-refractivity contribution in [3.63, 3.8) is 0 Å². The van der Waals surface area contributed by atoms with Crippen molar-refractivity contribution in [1.82, 2.24) is 0 Å². The van der Waals surface area contributed by atoms with Crippen LogP contribution in [0.25, 0.3) is 0 Å². The van der Waals surface area contributed by atoms with Gasteiger partial charge in [0.1, 0.15) is 0 Å². The normalized spacial score (nSPS) is 22.6. The second kappa shape index (κ2) is 6.44. The molecule has 1 aliphatic carbocycles. The van der Waals surface area contributed by atoms with Gasteiger partial charge in [-0.2, -0.15) is 0 Å². The molecule has 1 fully saturated rings. The van der Waals surface area contributed by atoms with Gasteiger partial charge < -0.3 is 4.90 Å². The molecular weight excluding hydrogens is 276 g/mol. The third-order valence-electron chi connectivity index (χ3n) is 4.25. The lowest BCUT2D eigenvalue weighted by atomic mass is 9.86. The quantitative estimate of drug-likeness (QED) is 0.471. The van der Waals surface area contributed by atoms with Gasteiger partial charge in [0, 0.05) is 36.8 Å². The maximum atomic E-state index is 10.8. The highest BCUT2D eigenvalue weighted by molar-refractivity contribution is 6.17. The molecule has 0 spiro atoms. The minimum absolute atomic E-state index is 0.106. The molecule has 1 saturated carbocycles. The molecule has 0 amide bonds. The lowest BCUT2D eigenvalue weighted by Crippen LogP contribution is -2.36. The van der Waals surface area contributed by atoms with E-state index in [-0.39, 0.29) is 10.6 Å². The molecule has 0 bridgehead atoms. The summed E-state index contributed by atoms with van der Waals surface area (Å²) in [6.45, 7) is 2.29. The molecule has 5 heteroatoms. The van der Waals surface area contributed by atoms with E-state index >= 15 is 0 Å². The van der Waals surface area contributed by atoms with Crippen LogP contribution in [0.1, 0.15) is 38.2 Å². The van der Waals surface area contributed by atoms with E-state index in [9.17, 15) is 10.1 Å². The molecule has 1 aliphatic rings. The summed E-state index contributed by atoms with van der Waals surface area (Å²) in [5, 5.41) is 10.8. The topological polar surface area (TPSA) is 46.4 Å². The fraction of sp³-hybridized carbons (Fsp3) is 0.600. The number of halogens is 1. The van der Waals surface area contributed by atoms with E-state index in [4.69, 9.17) is 11.6 Å². The number of rotatable bonds is 4. The number of non-ortho nitro benzene ring substituents is 1. The van der Waals surface area contributed by atoms with Crippen LogP contribution in [-0.4, -0.2) is 18.0 Å². The molecule has 0 N–H and O–H groups in total. The second-order valence-electron chi connectivity index (χ2n) is 5.74. The highest BCUT2D eigenvalue weighted by Crippen LogP contribution is 2.33. The number of alkyl halides is 1. The highest BCUT2D eigenvalue weighted by Gasteiger charge is 2.24. The van der Waals surface area contributed by atoms with Crippen LogP contribution in [0.2, 0.25) is 0 Å². The summed E-state index contributed by atoms with van der Waals surface area (Å²) in [4.78, 5) is 12.7. The Morgan fingerprint density at radius 3 is 2.80 bits per heavy atom. The van der Waals surface area contributed by atoms with Crippen molar-refractivity contribution in [3.8, 4) is 0 Å². The summed E-state index contributed by atoms with van der Waals surface area (Å²) >= 11 is 5.97. The van der Waals surface area contributed by atoms with Gasteiger partial charge in [0.05, 0.1) is 4.92 Å². The Bertz CT molecular complexity index is 493. The number of nitro groups is 1. The molecule has 110 valence electrons. The average molecular weight is 297 g/mol. The van der Waals surface area contributed by atoms with Crippen LogP contribution in [0.5, 0.6) is 0 Å². The Labute approximate surface area is 124 Å². The van der Waals surface area contributed by atoms with Gasteiger partial charge in [-0.05, 0) is 30.4 Å². The number of anilines is 1. The summed E-state index contributed by atoms with van der Waals surface area (Å²) in [5.41, 5.74) is 1.96. The van der Waals surface area contributed by atoms with Gasteiger partial charge in [0.2, 0.25) is 0 Å². The molecule has 4 nitrogen and oxygen atoms in total. The van der Waals surface area contributed by atoms with E-state index in [1.165, 1.54) is 25.7 Å². The third kappa shape index (κ3) is 3.23. The molecule has 2 rings (SSSR count). The predicted molar refractivity (Wildman–Crippen MR) is 82.5 cm³/mol. The van der Waals surface area contributed by atoms with Crippen LogP contribution in [-0.2, 0) is 5.88 Å². The highest BCUT2D eigenvalue weighted by atomic mass is 35.5. The molecule has 0 heterocycles. The standard InChI is InChI=1S/C15H21ClN2O2/c1-11-4-3-5-13(8-11)17(2)15-7-6-14(18(19)20)9-12(15)10-16/h6-7,9,11,13H,3-5,8,10H2,1-2H3. The molecule has 1 aromatic rings. The van der Waals surface area contributed by atoms with E-state index in [0.29, 0.717) is 11.9 Å². The minimum atomic E-state index is -0.373. The van der Waals surface area contributed by atoms with Crippen molar-refractivity contribution >= 4 is 23.0 Å². The first-order valence-corrected chi connectivity index (χ1v) is 7.62. The Balaban J connectivity index is 2.24. The van der Waals surface area contributed by atoms with Crippen LogP contribution in [0.15, 0.2) is 18.2 Å². The third-order valence-corrected chi connectivity index (χ3v) is 4.54. The maximum absolute atomic E-state index is 10.8. The van der Waals surface area contributed by atoms with E-state index < -0.39 is 0 Å². The SMILES string of the molecule is CC1CCCC(N(C)c2ccc([N+](=O)[O-])cc2CCl)C1. The lowest BCUT2D eigenvalue weighted by Gasteiger charge is -2.36. The number of nitro benzene ring substituents is 1. The Morgan fingerprint density at radius 2 is 2.20 bits per heavy atom. The summed E-state index contributed by atoms with van der Waals surface area (Å²) in [6, 6.07) is 5.48. The maximum Gasteiger partial charge on any atom is 0.269 e. The zero-order valence-electron chi connectivity index (χ0n) is 12.0. The van der Waals surface area contributed by atoms with Crippen molar-refractivity contribution in [3.05, 3.63) is 33.9 Å². The van der Waals surface area contributed by atoms with Gasteiger partial charge in [-0.25, -0.2) is 0 Å². The van der Waals surface area contributed by atoms with Gasteiger partial charge in [-0.1, -0.05) is 19.8 Å². The molecule has 0 saturated heterocycles. The predicted octanol–water partition coefficient (Wildman–Crippen LogP) is 4.35. The van der Waals surface area contributed by atoms with Crippen molar-refractivity contribution in [1.29, 1.82) is 0 Å². The van der Waals surface area contributed by atoms with Crippen LogP contribution >= 0.6 is 11.6 Å². The summed E-state index contributed by atoms with van der Waals surface area (Å²) in [6.07, 6.45) is 4.90. The largest absolute Gasteiger partial charge is 0.371 e. The Kier molecular flexibility index (Phi) is 4.86. The van der Waals surface area contributed by atoms with Crippen LogP contribution in [0, 0.1) is 16.0 Å². The lowest BCUT2D eigenvalue weighted by molar-refractivity contribution is -0.384. The molecule has 2 unspecified atom stereocenters. The van der Waals surface area contributed by atoms with Crippen LogP contribution in [0.4, 0.5) is 11.4 Å².